The van der Waals surface area contributed by atoms with Gasteiger partial charge in [0.25, 0.3) is 0 Å². The fraction of sp³-hybridized carbons (Fsp3) is 0.600. The van der Waals surface area contributed by atoms with Crippen molar-refractivity contribution in [3.63, 3.8) is 0 Å². The average molecular weight is 347 g/mol. The molecule has 0 bridgehead atoms. The van der Waals surface area contributed by atoms with Crippen LogP contribution >= 0.6 is 27.5 Å². The molecule has 106 valence electrons. The van der Waals surface area contributed by atoms with Crippen molar-refractivity contribution in [2.24, 2.45) is 11.8 Å². The summed E-state index contributed by atoms with van der Waals surface area (Å²) in [5.74, 6) is 1.19. The van der Waals surface area contributed by atoms with Gasteiger partial charge in [0, 0.05) is 28.6 Å². The van der Waals surface area contributed by atoms with Gasteiger partial charge in [0.15, 0.2) is 0 Å². The molecule has 1 fully saturated rings. The summed E-state index contributed by atoms with van der Waals surface area (Å²) in [5.41, 5.74) is 1.11. The van der Waals surface area contributed by atoms with Crippen molar-refractivity contribution in [2.75, 3.05) is 19.7 Å². The van der Waals surface area contributed by atoms with Gasteiger partial charge in [-0.3, -0.25) is 0 Å². The van der Waals surface area contributed by atoms with Crippen molar-refractivity contribution in [1.82, 2.24) is 5.32 Å². The van der Waals surface area contributed by atoms with Crippen molar-refractivity contribution < 1.29 is 4.74 Å². The molecular formula is C15H21BrClNO. The molecular weight excluding hydrogens is 326 g/mol. The topological polar surface area (TPSA) is 21.3 Å². The fourth-order valence-electron chi connectivity index (χ4n) is 2.48. The van der Waals surface area contributed by atoms with Crippen LogP contribution in [0, 0.1) is 11.8 Å². The van der Waals surface area contributed by atoms with E-state index in [0.717, 1.165) is 41.2 Å². The summed E-state index contributed by atoms with van der Waals surface area (Å²) in [4.78, 5) is 0. The summed E-state index contributed by atoms with van der Waals surface area (Å²) >= 11 is 9.77. The zero-order chi connectivity index (χ0) is 13.8. The highest BCUT2D eigenvalue weighted by atomic mass is 79.9. The maximum Gasteiger partial charge on any atom is 0.0880 e. The van der Waals surface area contributed by atoms with E-state index >= 15 is 0 Å². The van der Waals surface area contributed by atoms with E-state index in [2.05, 4.69) is 41.2 Å². The van der Waals surface area contributed by atoms with Crippen LogP contribution in [0.25, 0.3) is 0 Å². The highest BCUT2D eigenvalue weighted by Crippen LogP contribution is 2.38. The highest BCUT2D eigenvalue weighted by Gasteiger charge is 2.30. The minimum atomic E-state index is 0.125. The molecule has 0 amide bonds. The number of hydrogen-bond acceptors (Lipinski definition) is 2. The van der Waals surface area contributed by atoms with Gasteiger partial charge in [0.05, 0.1) is 6.10 Å². The molecule has 0 spiro atoms. The minimum Gasteiger partial charge on any atom is -0.373 e. The Bertz CT molecular complexity index is 425. The Hall–Kier alpha value is -0.0900. The number of ether oxygens (including phenoxy) is 1. The van der Waals surface area contributed by atoms with Gasteiger partial charge < -0.3 is 10.1 Å². The first-order chi connectivity index (χ1) is 9.08. The van der Waals surface area contributed by atoms with Gasteiger partial charge in [-0.2, -0.15) is 0 Å². The number of nitrogens with one attached hydrogen (secondary N) is 1. The van der Waals surface area contributed by atoms with E-state index in [4.69, 9.17) is 16.3 Å². The summed E-state index contributed by atoms with van der Waals surface area (Å²) in [6.45, 7) is 7.32. The quantitative estimate of drug-likeness (QED) is 0.852. The maximum atomic E-state index is 6.33. The zero-order valence-corrected chi connectivity index (χ0v) is 13.8. The van der Waals surface area contributed by atoms with Crippen LogP contribution in [0.5, 0.6) is 0 Å². The lowest BCUT2D eigenvalue weighted by Gasteiger charge is -2.21. The van der Waals surface area contributed by atoms with Gasteiger partial charge >= 0.3 is 0 Å². The van der Waals surface area contributed by atoms with Gasteiger partial charge in [0.2, 0.25) is 0 Å². The van der Waals surface area contributed by atoms with E-state index in [1.54, 1.807) is 0 Å². The van der Waals surface area contributed by atoms with E-state index in [1.165, 1.54) is 0 Å². The monoisotopic (exact) mass is 345 g/mol. The average Bonchev–Trinajstić information content (AvgIpc) is 2.77. The van der Waals surface area contributed by atoms with Crippen LogP contribution in [-0.4, -0.2) is 19.7 Å². The van der Waals surface area contributed by atoms with Gasteiger partial charge in [0.1, 0.15) is 0 Å². The second-order valence-corrected chi connectivity index (χ2v) is 6.88. The van der Waals surface area contributed by atoms with Crippen molar-refractivity contribution in [3.8, 4) is 0 Å². The van der Waals surface area contributed by atoms with Gasteiger partial charge in [-0.05, 0) is 36.6 Å². The summed E-state index contributed by atoms with van der Waals surface area (Å²) < 4.78 is 6.90. The predicted octanol–water partition coefficient (Wildman–Crippen LogP) is 4.43. The van der Waals surface area contributed by atoms with Crippen LogP contribution in [0.2, 0.25) is 5.02 Å². The molecule has 0 radical (unpaired) electrons. The first kappa shape index (κ1) is 15.3. The largest absolute Gasteiger partial charge is 0.373 e. The van der Waals surface area contributed by atoms with Crippen molar-refractivity contribution in [1.29, 1.82) is 0 Å². The van der Waals surface area contributed by atoms with E-state index in [0.29, 0.717) is 11.8 Å². The molecule has 0 aliphatic carbocycles. The van der Waals surface area contributed by atoms with Crippen molar-refractivity contribution in [2.45, 2.75) is 26.4 Å². The number of hydrogen-bond donors (Lipinski definition) is 1. The third kappa shape index (κ3) is 4.19. The zero-order valence-electron chi connectivity index (χ0n) is 11.5. The van der Waals surface area contributed by atoms with Crippen LogP contribution in [0.3, 0.4) is 0 Å². The Morgan fingerprint density at radius 2 is 2.26 bits per heavy atom. The Morgan fingerprint density at radius 1 is 1.47 bits per heavy atom. The summed E-state index contributed by atoms with van der Waals surface area (Å²) in [6, 6.07) is 6.04. The smallest absolute Gasteiger partial charge is 0.0880 e. The number of rotatable bonds is 5. The lowest BCUT2D eigenvalue weighted by Crippen LogP contribution is -2.28. The second kappa shape index (κ2) is 7.07. The molecule has 0 saturated carbocycles. The Morgan fingerprint density at radius 3 is 2.95 bits per heavy atom. The van der Waals surface area contributed by atoms with E-state index in [-0.39, 0.29) is 6.10 Å². The second-order valence-electron chi connectivity index (χ2n) is 5.56. The molecule has 4 heteroatoms. The molecule has 1 N–H and O–H groups in total. The molecule has 1 aromatic carbocycles. The van der Waals surface area contributed by atoms with Crippen LogP contribution < -0.4 is 5.32 Å². The van der Waals surface area contributed by atoms with Crippen molar-refractivity contribution in [3.05, 3.63) is 33.3 Å². The number of benzene rings is 1. The third-order valence-electron chi connectivity index (χ3n) is 3.44. The van der Waals surface area contributed by atoms with Gasteiger partial charge in [-0.1, -0.05) is 47.4 Å². The maximum absolute atomic E-state index is 6.33. The molecule has 2 rings (SSSR count). The highest BCUT2D eigenvalue weighted by molar-refractivity contribution is 9.10. The van der Waals surface area contributed by atoms with E-state index in [9.17, 15) is 0 Å². The molecule has 2 unspecified atom stereocenters. The van der Waals surface area contributed by atoms with E-state index in [1.807, 2.05) is 12.1 Å². The van der Waals surface area contributed by atoms with E-state index < -0.39 is 0 Å². The first-order valence-electron chi connectivity index (χ1n) is 6.85. The minimum absolute atomic E-state index is 0.125. The Labute approximate surface area is 129 Å². The lowest BCUT2D eigenvalue weighted by molar-refractivity contribution is 0.0904. The standard InChI is InChI=1S/C15H21BrClNO/c1-10(2)8-18-9-11-5-6-19-15(11)13-4-3-12(16)7-14(13)17/h3-4,7,10-11,15,18H,5-6,8-9H2,1-2H3. The fourth-order valence-corrected chi connectivity index (χ4v) is 3.26. The summed E-state index contributed by atoms with van der Waals surface area (Å²) in [5, 5.41) is 4.31. The third-order valence-corrected chi connectivity index (χ3v) is 4.26. The molecule has 1 aliphatic heterocycles. The molecule has 2 nitrogen and oxygen atoms in total. The van der Waals surface area contributed by atoms with Gasteiger partial charge in [-0.25, -0.2) is 0 Å². The summed E-state index contributed by atoms with van der Waals surface area (Å²) in [6.07, 6.45) is 1.22. The van der Waals surface area contributed by atoms with Gasteiger partial charge in [-0.15, -0.1) is 0 Å². The molecule has 1 aromatic rings. The Kier molecular flexibility index (Phi) is 5.70. The molecule has 1 heterocycles. The summed E-state index contributed by atoms with van der Waals surface area (Å²) in [7, 11) is 0. The molecule has 0 aromatic heterocycles. The SMILES string of the molecule is CC(C)CNCC1CCOC1c1ccc(Br)cc1Cl. The molecule has 2 atom stereocenters. The van der Waals surface area contributed by atoms with Crippen LogP contribution in [0.4, 0.5) is 0 Å². The Balaban J connectivity index is 2.01. The molecule has 19 heavy (non-hydrogen) atoms. The first-order valence-corrected chi connectivity index (χ1v) is 8.02. The van der Waals surface area contributed by atoms with Crippen LogP contribution in [0.1, 0.15) is 31.9 Å². The van der Waals surface area contributed by atoms with Crippen LogP contribution in [0.15, 0.2) is 22.7 Å². The normalized spacial score (nSPS) is 23.2. The molecule has 1 aliphatic rings. The predicted molar refractivity (Wildman–Crippen MR) is 83.7 cm³/mol. The lowest BCUT2D eigenvalue weighted by atomic mass is 9.95. The number of halogens is 2. The van der Waals surface area contributed by atoms with Crippen LogP contribution in [-0.2, 0) is 4.74 Å². The van der Waals surface area contributed by atoms with Crippen molar-refractivity contribution >= 4 is 27.5 Å². The molecule has 1 saturated heterocycles.